The van der Waals surface area contributed by atoms with Crippen molar-refractivity contribution < 1.29 is 19.1 Å². The maximum Gasteiger partial charge on any atom is 0.246 e. The second-order valence-corrected chi connectivity index (χ2v) is 6.88. The molecule has 1 amide bonds. The maximum atomic E-state index is 12.5. The molecule has 0 bridgehead atoms. The predicted molar refractivity (Wildman–Crippen MR) is 104 cm³/mol. The summed E-state index contributed by atoms with van der Waals surface area (Å²) in [6.45, 7) is 1.84. The SMILES string of the molecule is O=C1CCc2c(OCC3CN(C(=O)C=Cc4ccccn4)CCO3)cccc21. The van der Waals surface area contributed by atoms with Gasteiger partial charge in [-0.25, -0.2) is 0 Å². The van der Waals surface area contributed by atoms with Crippen molar-refractivity contribution in [3.05, 3.63) is 65.5 Å². The summed E-state index contributed by atoms with van der Waals surface area (Å²) in [7, 11) is 0. The van der Waals surface area contributed by atoms with Gasteiger partial charge in [-0.1, -0.05) is 18.2 Å². The average molecular weight is 378 g/mol. The van der Waals surface area contributed by atoms with E-state index in [1.807, 2.05) is 36.4 Å². The Labute approximate surface area is 163 Å². The van der Waals surface area contributed by atoms with Gasteiger partial charge in [0.2, 0.25) is 5.91 Å². The molecule has 144 valence electrons. The number of carbonyl (C=O) groups excluding carboxylic acids is 2. The monoisotopic (exact) mass is 378 g/mol. The molecule has 1 aromatic heterocycles. The summed E-state index contributed by atoms with van der Waals surface area (Å²) in [5.41, 5.74) is 2.49. The lowest BCUT2D eigenvalue weighted by Crippen LogP contribution is -2.47. The molecular formula is C22H22N2O4. The quantitative estimate of drug-likeness (QED) is 0.748. The molecule has 1 aromatic carbocycles. The number of carbonyl (C=O) groups is 2. The summed E-state index contributed by atoms with van der Waals surface area (Å²) in [6, 6.07) is 11.2. The zero-order valence-corrected chi connectivity index (χ0v) is 15.5. The summed E-state index contributed by atoms with van der Waals surface area (Å²) in [5.74, 6) is 0.849. The van der Waals surface area contributed by atoms with Crippen LogP contribution >= 0.6 is 0 Å². The van der Waals surface area contributed by atoms with Crippen molar-refractivity contribution in [1.29, 1.82) is 0 Å². The molecule has 6 nitrogen and oxygen atoms in total. The first-order chi connectivity index (χ1) is 13.7. The maximum absolute atomic E-state index is 12.5. The van der Waals surface area contributed by atoms with Gasteiger partial charge in [0.15, 0.2) is 5.78 Å². The first-order valence-electron chi connectivity index (χ1n) is 9.48. The fourth-order valence-electron chi connectivity index (χ4n) is 3.53. The fourth-order valence-corrected chi connectivity index (χ4v) is 3.53. The van der Waals surface area contributed by atoms with Gasteiger partial charge in [0.1, 0.15) is 18.5 Å². The van der Waals surface area contributed by atoms with Gasteiger partial charge in [0.25, 0.3) is 0 Å². The van der Waals surface area contributed by atoms with E-state index in [-0.39, 0.29) is 17.8 Å². The minimum Gasteiger partial charge on any atom is -0.491 e. The third-order valence-corrected chi connectivity index (χ3v) is 5.00. The number of rotatable bonds is 5. The van der Waals surface area contributed by atoms with Crippen LogP contribution in [0, 0.1) is 0 Å². The van der Waals surface area contributed by atoms with Crippen molar-refractivity contribution in [2.45, 2.75) is 18.9 Å². The number of amides is 1. The van der Waals surface area contributed by atoms with E-state index >= 15 is 0 Å². The number of ether oxygens (including phenoxy) is 2. The number of morpholine rings is 1. The lowest BCUT2D eigenvalue weighted by atomic mass is 10.1. The van der Waals surface area contributed by atoms with Crippen molar-refractivity contribution in [1.82, 2.24) is 9.88 Å². The zero-order valence-electron chi connectivity index (χ0n) is 15.5. The Hall–Kier alpha value is -2.99. The Bertz CT molecular complexity index is 895. The number of hydrogen-bond donors (Lipinski definition) is 0. The van der Waals surface area contributed by atoms with Crippen LogP contribution in [0.3, 0.4) is 0 Å². The van der Waals surface area contributed by atoms with Crippen LogP contribution in [0.25, 0.3) is 6.08 Å². The Morgan fingerprint density at radius 2 is 2.18 bits per heavy atom. The Kier molecular flexibility index (Phi) is 5.48. The Balaban J connectivity index is 1.34. The molecule has 0 N–H and O–H groups in total. The third kappa shape index (κ3) is 4.12. The average Bonchev–Trinajstić information content (AvgIpc) is 3.13. The topological polar surface area (TPSA) is 68.7 Å². The van der Waals surface area contributed by atoms with Gasteiger partial charge in [-0.15, -0.1) is 0 Å². The molecule has 1 saturated heterocycles. The molecule has 1 unspecified atom stereocenters. The van der Waals surface area contributed by atoms with Crippen LogP contribution in [0.5, 0.6) is 5.75 Å². The number of fused-ring (bicyclic) bond motifs is 1. The van der Waals surface area contributed by atoms with Crippen LogP contribution in [0.2, 0.25) is 0 Å². The van der Waals surface area contributed by atoms with Gasteiger partial charge in [0, 0.05) is 36.4 Å². The fraction of sp³-hybridized carbons (Fsp3) is 0.318. The van der Waals surface area contributed by atoms with Crippen molar-refractivity contribution in [3.63, 3.8) is 0 Å². The second-order valence-electron chi connectivity index (χ2n) is 6.88. The highest BCUT2D eigenvalue weighted by Crippen LogP contribution is 2.30. The molecule has 1 atom stereocenters. The highest BCUT2D eigenvalue weighted by Gasteiger charge is 2.26. The first kappa shape index (κ1) is 18.4. The summed E-state index contributed by atoms with van der Waals surface area (Å²) in [4.78, 5) is 30.3. The van der Waals surface area contributed by atoms with E-state index < -0.39 is 0 Å². The van der Waals surface area contributed by atoms with Gasteiger partial charge >= 0.3 is 0 Å². The molecule has 2 aliphatic rings. The molecule has 0 saturated carbocycles. The third-order valence-electron chi connectivity index (χ3n) is 5.00. The standard InChI is InChI=1S/C22H22N2O4/c25-20-9-8-19-18(20)5-3-6-21(19)28-15-17-14-24(12-13-27-17)22(26)10-7-16-4-1-2-11-23-16/h1-7,10-11,17H,8-9,12-15H2. The summed E-state index contributed by atoms with van der Waals surface area (Å²) in [6.07, 6.45) is 6.02. The van der Waals surface area contributed by atoms with Gasteiger partial charge in [-0.2, -0.15) is 0 Å². The largest absolute Gasteiger partial charge is 0.491 e. The van der Waals surface area contributed by atoms with E-state index in [0.717, 1.165) is 29.0 Å². The van der Waals surface area contributed by atoms with Crippen LogP contribution in [0.4, 0.5) is 0 Å². The number of Topliss-reactive ketones (excluding diaryl/α,β-unsaturated/α-hetero) is 1. The highest BCUT2D eigenvalue weighted by atomic mass is 16.5. The van der Waals surface area contributed by atoms with E-state index in [4.69, 9.17) is 9.47 Å². The van der Waals surface area contributed by atoms with Gasteiger partial charge in [-0.05, 0) is 30.7 Å². The number of hydrogen-bond acceptors (Lipinski definition) is 5. The number of aromatic nitrogens is 1. The molecule has 28 heavy (non-hydrogen) atoms. The molecular weight excluding hydrogens is 356 g/mol. The summed E-state index contributed by atoms with van der Waals surface area (Å²) >= 11 is 0. The van der Waals surface area contributed by atoms with Crippen molar-refractivity contribution >= 4 is 17.8 Å². The van der Waals surface area contributed by atoms with Crippen molar-refractivity contribution in [2.24, 2.45) is 0 Å². The van der Waals surface area contributed by atoms with Gasteiger partial charge < -0.3 is 14.4 Å². The van der Waals surface area contributed by atoms with E-state index in [0.29, 0.717) is 32.7 Å². The molecule has 4 rings (SSSR count). The second kappa shape index (κ2) is 8.35. The highest BCUT2D eigenvalue weighted by molar-refractivity contribution is 6.01. The van der Waals surface area contributed by atoms with Crippen LogP contribution in [0.15, 0.2) is 48.7 Å². The molecule has 0 radical (unpaired) electrons. The summed E-state index contributed by atoms with van der Waals surface area (Å²) in [5, 5.41) is 0. The number of nitrogens with zero attached hydrogens (tertiary/aromatic N) is 2. The Morgan fingerprint density at radius 1 is 1.25 bits per heavy atom. The van der Waals surface area contributed by atoms with E-state index in [1.165, 1.54) is 0 Å². The normalized spacial score (nSPS) is 19.1. The number of pyridine rings is 1. The van der Waals surface area contributed by atoms with Gasteiger partial charge in [0.05, 0.1) is 18.8 Å². The molecule has 2 heterocycles. The Morgan fingerprint density at radius 3 is 3.04 bits per heavy atom. The molecule has 2 aromatic rings. The van der Waals surface area contributed by atoms with Gasteiger partial charge in [-0.3, -0.25) is 14.6 Å². The van der Waals surface area contributed by atoms with E-state index in [1.54, 1.807) is 23.2 Å². The number of ketones is 1. The lowest BCUT2D eigenvalue weighted by Gasteiger charge is -2.32. The van der Waals surface area contributed by atoms with Crippen molar-refractivity contribution in [2.75, 3.05) is 26.3 Å². The molecule has 1 fully saturated rings. The van der Waals surface area contributed by atoms with Crippen LogP contribution in [-0.4, -0.2) is 54.0 Å². The smallest absolute Gasteiger partial charge is 0.246 e. The molecule has 1 aliphatic heterocycles. The van der Waals surface area contributed by atoms with Crippen LogP contribution in [0.1, 0.15) is 28.0 Å². The molecule has 0 spiro atoms. The number of benzene rings is 1. The zero-order chi connectivity index (χ0) is 19.3. The minimum atomic E-state index is -0.200. The minimum absolute atomic E-state index is 0.0647. The molecule has 1 aliphatic carbocycles. The first-order valence-corrected chi connectivity index (χ1v) is 9.48. The molecule has 6 heteroatoms. The van der Waals surface area contributed by atoms with Crippen LogP contribution in [-0.2, 0) is 16.0 Å². The lowest BCUT2D eigenvalue weighted by molar-refractivity contribution is -0.134. The predicted octanol–water partition coefficient (Wildman–Crippen LogP) is 2.53. The van der Waals surface area contributed by atoms with E-state index in [2.05, 4.69) is 4.98 Å². The van der Waals surface area contributed by atoms with Crippen molar-refractivity contribution in [3.8, 4) is 5.75 Å². The summed E-state index contributed by atoms with van der Waals surface area (Å²) < 4.78 is 11.7. The van der Waals surface area contributed by atoms with Crippen LogP contribution < -0.4 is 4.74 Å². The van der Waals surface area contributed by atoms with E-state index in [9.17, 15) is 9.59 Å².